The summed E-state index contributed by atoms with van der Waals surface area (Å²) in [6.45, 7) is 7.08. The minimum Gasteiger partial charge on any atom is -0.488 e. The highest BCUT2D eigenvalue weighted by Gasteiger charge is 2.06. The van der Waals surface area contributed by atoms with Crippen molar-refractivity contribution in [1.29, 1.82) is 0 Å². The van der Waals surface area contributed by atoms with E-state index in [0.717, 1.165) is 12.3 Å². The van der Waals surface area contributed by atoms with Gasteiger partial charge in [0.2, 0.25) is 0 Å². The molecule has 1 aromatic carbocycles. The van der Waals surface area contributed by atoms with Crippen LogP contribution in [-0.4, -0.2) is 18.7 Å². The summed E-state index contributed by atoms with van der Waals surface area (Å²) in [5.41, 5.74) is 0. The molecular weight excluding hydrogens is 210 g/mol. The van der Waals surface area contributed by atoms with Crippen molar-refractivity contribution < 1.29 is 4.74 Å². The van der Waals surface area contributed by atoms with Gasteiger partial charge in [-0.05, 0) is 19.1 Å². The van der Waals surface area contributed by atoms with Gasteiger partial charge in [0, 0.05) is 12.6 Å². The van der Waals surface area contributed by atoms with Crippen LogP contribution in [0.3, 0.4) is 0 Å². The summed E-state index contributed by atoms with van der Waals surface area (Å²) in [6, 6.07) is 8.01. The maximum atomic E-state index is 5.99. The fourth-order valence-electron chi connectivity index (χ4n) is 1.20. The van der Waals surface area contributed by atoms with Gasteiger partial charge in [0.05, 0.1) is 5.02 Å². The van der Waals surface area contributed by atoms with Crippen LogP contribution in [0.4, 0.5) is 0 Å². The quantitative estimate of drug-likeness (QED) is 0.835. The number of para-hydroxylation sites is 1. The highest BCUT2D eigenvalue weighted by molar-refractivity contribution is 6.32. The van der Waals surface area contributed by atoms with E-state index in [1.54, 1.807) is 0 Å². The molecule has 0 amide bonds. The monoisotopic (exact) mass is 227 g/mol. The molecule has 0 spiro atoms. The second-order valence-corrected chi connectivity index (χ2v) is 4.33. The summed E-state index contributed by atoms with van der Waals surface area (Å²) in [6.07, 6.45) is 0.118. The predicted molar refractivity (Wildman–Crippen MR) is 64.7 cm³/mol. The average Bonchev–Trinajstić information content (AvgIpc) is 2.18. The Morgan fingerprint density at radius 1 is 1.27 bits per heavy atom. The van der Waals surface area contributed by atoms with Crippen LogP contribution in [0.2, 0.25) is 5.02 Å². The molecule has 0 fully saturated rings. The molecule has 1 N–H and O–H groups in total. The van der Waals surface area contributed by atoms with Gasteiger partial charge in [-0.1, -0.05) is 37.6 Å². The molecule has 0 bridgehead atoms. The molecule has 15 heavy (non-hydrogen) atoms. The van der Waals surface area contributed by atoms with Gasteiger partial charge in [-0.3, -0.25) is 0 Å². The minimum absolute atomic E-state index is 0.118. The van der Waals surface area contributed by atoms with Gasteiger partial charge in [-0.2, -0.15) is 0 Å². The maximum absolute atomic E-state index is 5.99. The zero-order chi connectivity index (χ0) is 11.3. The van der Waals surface area contributed by atoms with Gasteiger partial charge in [0.1, 0.15) is 11.9 Å². The van der Waals surface area contributed by atoms with E-state index in [2.05, 4.69) is 19.2 Å². The molecule has 1 unspecified atom stereocenters. The standard InChI is InChI=1S/C12H18ClNO/c1-9(2)14-8-10(3)15-12-7-5-4-6-11(12)13/h4-7,9-10,14H,8H2,1-3H3. The second-order valence-electron chi connectivity index (χ2n) is 3.92. The fourth-order valence-corrected chi connectivity index (χ4v) is 1.38. The number of nitrogens with one attached hydrogen (secondary N) is 1. The summed E-state index contributed by atoms with van der Waals surface area (Å²) in [4.78, 5) is 0. The third kappa shape index (κ3) is 4.54. The molecule has 0 saturated carbocycles. The number of rotatable bonds is 5. The lowest BCUT2D eigenvalue weighted by molar-refractivity contribution is 0.214. The molecule has 0 aliphatic heterocycles. The topological polar surface area (TPSA) is 21.3 Å². The summed E-state index contributed by atoms with van der Waals surface area (Å²) < 4.78 is 5.70. The van der Waals surface area contributed by atoms with Crippen LogP contribution in [0.5, 0.6) is 5.75 Å². The third-order valence-electron chi connectivity index (χ3n) is 1.98. The first kappa shape index (κ1) is 12.3. The number of ether oxygens (including phenoxy) is 1. The number of hydrogen-bond acceptors (Lipinski definition) is 2. The number of hydrogen-bond donors (Lipinski definition) is 1. The Kier molecular flexibility index (Phi) is 4.92. The van der Waals surface area contributed by atoms with Crippen molar-refractivity contribution in [2.45, 2.75) is 32.9 Å². The normalized spacial score (nSPS) is 12.9. The van der Waals surface area contributed by atoms with Crippen LogP contribution in [0.15, 0.2) is 24.3 Å². The Hall–Kier alpha value is -0.730. The highest BCUT2D eigenvalue weighted by atomic mass is 35.5. The third-order valence-corrected chi connectivity index (χ3v) is 2.29. The lowest BCUT2D eigenvalue weighted by Crippen LogP contribution is -2.33. The van der Waals surface area contributed by atoms with Crippen LogP contribution < -0.4 is 10.1 Å². The van der Waals surface area contributed by atoms with Crippen LogP contribution in [-0.2, 0) is 0 Å². The molecule has 1 rings (SSSR count). The van der Waals surface area contributed by atoms with E-state index in [0.29, 0.717) is 11.1 Å². The van der Waals surface area contributed by atoms with E-state index in [9.17, 15) is 0 Å². The molecule has 0 aliphatic carbocycles. The average molecular weight is 228 g/mol. The van der Waals surface area contributed by atoms with Gasteiger partial charge in [0.25, 0.3) is 0 Å². The lowest BCUT2D eigenvalue weighted by Gasteiger charge is -2.17. The van der Waals surface area contributed by atoms with Crippen molar-refractivity contribution >= 4 is 11.6 Å². The zero-order valence-corrected chi connectivity index (χ0v) is 10.2. The van der Waals surface area contributed by atoms with Gasteiger partial charge < -0.3 is 10.1 Å². The molecule has 0 radical (unpaired) electrons. The molecule has 0 aromatic heterocycles. The largest absolute Gasteiger partial charge is 0.488 e. The molecular formula is C12H18ClNO. The van der Waals surface area contributed by atoms with Crippen LogP contribution in [0, 0.1) is 0 Å². The van der Waals surface area contributed by atoms with Gasteiger partial charge in [0.15, 0.2) is 0 Å². The lowest BCUT2D eigenvalue weighted by atomic mass is 10.3. The van der Waals surface area contributed by atoms with E-state index in [-0.39, 0.29) is 6.10 Å². The Labute approximate surface area is 96.6 Å². The number of benzene rings is 1. The molecule has 1 atom stereocenters. The van der Waals surface area contributed by atoms with E-state index >= 15 is 0 Å². The Balaban J connectivity index is 2.44. The van der Waals surface area contributed by atoms with Gasteiger partial charge in [-0.15, -0.1) is 0 Å². The minimum atomic E-state index is 0.118. The summed E-state index contributed by atoms with van der Waals surface area (Å²) in [5.74, 6) is 0.747. The van der Waals surface area contributed by atoms with E-state index in [4.69, 9.17) is 16.3 Å². The molecule has 0 heterocycles. The van der Waals surface area contributed by atoms with Crippen LogP contribution >= 0.6 is 11.6 Å². The smallest absolute Gasteiger partial charge is 0.138 e. The highest BCUT2D eigenvalue weighted by Crippen LogP contribution is 2.23. The van der Waals surface area contributed by atoms with Crippen molar-refractivity contribution in [3.8, 4) is 5.75 Å². The molecule has 2 nitrogen and oxygen atoms in total. The Bertz CT molecular complexity index is 301. The SMILES string of the molecule is CC(C)NCC(C)Oc1ccccc1Cl. The van der Waals surface area contributed by atoms with E-state index < -0.39 is 0 Å². The second kappa shape index (κ2) is 5.99. The first-order valence-electron chi connectivity index (χ1n) is 5.24. The van der Waals surface area contributed by atoms with Crippen molar-refractivity contribution in [1.82, 2.24) is 5.32 Å². The van der Waals surface area contributed by atoms with Gasteiger partial charge >= 0.3 is 0 Å². The summed E-state index contributed by atoms with van der Waals surface area (Å²) in [7, 11) is 0. The van der Waals surface area contributed by atoms with Crippen LogP contribution in [0.25, 0.3) is 0 Å². The number of halogens is 1. The molecule has 1 aromatic rings. The summed E-state index contributed by atoms with van der Waals surface area (Å²) in [5, 5.41) is 3.98. The van der Waals surface area contributed by atoms with Crippen molar-refractivity contribution in [2.75, 3.05) is 6.54 Å². The Morgan fingerprint density at radius 2 is 1.93 bits per heavy atom. The Morgan fingerprint density at radius 3 is 2.53 bits per heavy atom. The molecule has 0 aliphatic rings. The fraction of sp³-hybridized carbons (Fsp3) is 0.500. The van der Waals surface area contributed by atoms with Crippen molar-refractivity contribution in [3.63, 3.8) is 0 Å². The van der Waals surface area contributed by atoms with Crippen molar-refractivity contribution in [2.24, 2.45) is 0 Å². The molecule has 0 saturated heterocycles. The van der Waals surface area contributed by atoms with Gasteiger partial charge in [-0.25, -0.2) is 0 Å². The van der Waals surface area contributed by atoms with Crippen molar-refractivity contribution in [3.05, 3.63) is 29.3 Å². The summed E-state index contributed by atoms with van der Waals surface area (Å²) >= 11 is 5.99. The first-order chi connectivity index (χ1) is 7.09. The predicted octanol–water partition coefficient (Wildman–Crippen LogP) is 3.11. The maximum Gasteiger partial charge on any atom is 0.138 e. The first-order valence-corrected chi connectivity index (χ1v) is 5.62. The molecule has 84 valence electrons. The molecule has 3 heteroatoms. The van der Waals surface area contributed by atoms with E-state index in [1.165, 1.54) is 0 Å². The van der Waals surface area contributed by atoms with E-state index in [1.807, 2.05) is 31.2 Å². The van der Waals surface area contributed by atoms with Crippen LogP contribution in [0.1, 0.15) is 20.8 Å². The zero-order valence-electron chi connectivity index (χ0n) is 9.46.